The molecule has 1 aliphatic rings. The maximum atomic E-state index is 8.99. The van der Waals surface area contributed by atoms with Crippen LogP contribution in [0.5, 0.6) is 0 Å². The first-order chi connectivity index (χ1) is 8.76. The number of aromatic nitrogens is 2. The van der Waals surface area contributed by atoms with E-state index in [1.54, 1.807) is 0 Å². The van der Waals surface area contributed by atoms with Gasteiger partial charge in [-0.3, -0.25) is 0 Å². The molecule has 0 aromatic carbocycles. The van der Waals surface area contributed by atoms with E-state index in [9.17, 15) is 0 Å². The molecule has 5 heteroatoms. The number of nitrogens with zero attached hydrogens (tertiary/aromatic N) is 3. The second kappa shape index (κ2) is 6.00. The number of rotatable bonds is 5. The van der Waals surface area contributed by atoms with Gasteiger partial charge >= 0.3 is 0 Å². The first-order valence-corrected chi connectivity index (χ1v) is 6.68. The highest BCUT2D eigenvalue weighted by atomic mass is 16.3. The molecule has 1 atom stereocenters. The summed E-state index contributed by atoms with van der Waals surface area (Å²) in [5.41, 5.74) is 0. The van der Waals surface area contributed by atoms with Gasteiger partial charge in [0.05, 0.1) is 0 Å². The summed E-state index contributed by atoms with van der Waals surface area (Å²) in [4.78, 5) is 11.3. The topological polar surface area (TPSA) is 61.3 Å². The van der Waals surface area contributed by atoms with Crippen molar-refractivity contribution in [2.24, 2.45) is 5.92 Å². The average molecular weight is 250 g/mol. The third kappa shape index (κ3) is 2.90. The summed E-state index contributed by atoms with van der Waals surface area (Å²) in [7, 11) is 1.88. The Morgan fingerprint density at radius 3 is 3.00 bits per heavy atom. The molecule has 1 aromatic rings. The van der Waals surface area contributed by atoms with Gasteiger partial charge in [-0.15, -0.1) is 0 Å². The van der Waals surface area contributed by atoms with Gasteiger partial charge in [-0.1, -0.05) is 6.92 Å². The molecule has 1 aromatic heterocycles. The zero-order valence-corrected chi connectivity index (χ0v) is 11.2. The number of anilines is 2. The predicted octanol–water partition coefficient (Wildman–Crippen LogP) is 1.29. The normalized spacial score (nSPS) is 19.3. The van der Waals surface area contributed by atoms with Gasteiger partial charge in [0.15, 0.2) is 0 Å². The van der Waals surface area contributed by atoms with Crippen molar-refractivity contribution >= 4 is 11.6 Å². The van der Waals surface area contributed by atoms with Gasteiger partial charge < -0.3 is 15.3 Å². The number of aryl methyl sites for hydroxylation is 1. The number of hydrogen-bond donors (Lipinski definition) is 2. The minimum absolute atomic E-state index is 0.282. The van der Waals surface area contributed by atoms with Gasteiger partial charge in [0.2, 0.25) is 0 Å². The molecule has 2 rings (SSSR count). The summed E-state index contributed by atoms with van der Waals surface area (Å²) in [6.45, 7) is 4.36. The average Bonchev–Trinajstić information content (AvgIpc) is 2.87. The van der Waals surface area contributed by atoms with Crippen LogP contribution in [-0.2, 0) is 6.42 Å². The molecule has 0 aliphatic carbocycles. The highest BCUT2D eigenvalue weighted by Crippen LogP contribution is 2.25. The third-order valence-electron chi connectivity index (χ3n) is 3.48. The first-order valence-electron chi connectivity index (χ1n) is 6.68. The van der Waals surface area contributed by atoms with Gasteiger partial charge in [-0.05, 0) is 18.8 Å². The van der Waals surface area contributed by atoms with Gasteiger partial charge in [0, 0.05) is 39.2 Å². The summed E-state index contributed by atoms with van der Waals surface area (Å²) < 4.78 is 0. The fourth-order valence-electron chi connectivity index (χ4n) is 2.39. The molecule has 0 radical (unpaired) electrons. The molecular weight excluding hydrogens is 228 g/mol. The Morgan fingerprint density at radius 2 is 2.33 bits per heavy atom. The Labute approximate surface area is 108 Å². The minimum atomic E-state index is 0.282. The van der Waals surface area contributed by atoms with Crippen LogP contribution in [0, 0.1) is 5.92 Å². The smallest absolute Gasteiger partial charge is 0.134 e. The fourth-order valence-corrected chi connectivity index (χ4v) is 2.39. The molecule has 2 N–H and O–H groups in total. The van der Waals surface area contributed by atoms with Crippen molar-refractivity contribution in [2.75, 3.05) is 37.0 Å². The van der Waals surface area contributed by atoms with Crippen molar-refractivity contribution in [3.63, 3.8) is 0 Å². The van der Waals surface area contributed by atoms with Crippen LogP contribution in [0.1, 0.15) is 25.6 Å². The van der Waals surface area contributed by atoms with Crippen LogP contribution in [0.3, 0.4) is 0 Å². The molecule has 100 valence electrons. The van der Waals surface area contributed by atoms with Gasteiger partial charge in [-0.25, -0.2) is 9.97 Å². The molecule has 0 bridgehead atoms. The Balaban J connectivity index is 2.13. The van der Waals surface area contributed by atoms with Crippen molar-refractivity contribution < 1.29 is 5.11 Å². The molecule has 2 heterocycles. The van der Waals surface area contributed by atoms with Gasteiger partial charge in [-0.2, -0.15) is 0 Å². The number of nitrogens with one attached hydrogen (secondary N) is 1. The van der Waals surface area contributed by atoms with E-state index in [-0.39, 0.29) is 6.61 Å². The molecular formula is C13H22N4O. The molecule has 1 saturated heterocycles. The fraction of sp³-hybridized carbons (Fsp3) is 0.692. The second-order valence-electron chi connectivity index (χ2n) is 4.74. The Morgan fingerprint density at radius 1 is 1.50 bits per heavy atom. The van der Waals surface area contributed by atoms with Crippen LogP contribution in [0.15, 0.2) is 6.07 Å². The van der Waals surface area contributed by atoms with Crippen molar-refractivity contribution in [2.45, 2.75) is 26.2 Å². The largest absolute Gasteiger partial charge is 0.396 e. The van der Waals surface area contributed by atoms with Crippen LogP contribution in [0.4, 0.5) is 11.6 Å². The number of aliphatic hydroxyl groups excluding tert-OH is 1. The van der Waals surface area contributed by atoms with E-state index in [2.05, 4.69) is 27.1 Å². The molecule has 0 amide bonds. The summed E-state index contributed by atoms with van der Waals surface area (Å²) in [6.07, 6.45) is 2.87. The summed E-state index contributed by atoms with van der Waals surface area (Å²) in [5, 5.41) is 12.1. The molecule has 18 heavy (non-hydrogen) atoms. The quantitative estimate of drug-likeness (QED) is 0.824. The molecule has 5 nitrogen and oxygen atoms in total. The standard InChI is InChI=1S/C13H22N4O/c1-3-11-15-12(14-2)8-13(16-11)17-6-4-10(9-17)5-7-18/h8,10,18H,3-7,9H2,1-2H3,(H,14,15,16). The van der Waals surface area contributed by atoms with Crippen LogP contribution in [-0.4, -0.2) is 41.8 Å². The predicted molar refractivity (Wildman–Crippen MR) is 73.0 cm³/mol. The zero-order valence-electron chi connectivity index (χ0n) is 11.2. The lowest BCUT2D eigenvalue weighted by atomic mass is 10.1. The lowest BCUT2D eigenvalue weighted by Crippen LogP contribution is -2.22. The zero-order chi connectivity index (χ0) is 13.0. The minimum Gasteiger partial charge on any atom is -0.396 e. The second-order valence-corrected chi connectivity index (χ2v) is 4.74. The Kier molecular flexibility index (Phi) is 4.36. The van der Waals surface area contributed by atoms with E-state index in [1.165, 1.54) is 0 Å². The van der Waals surface area contributed by atoms with Gasteiger partial charge in [0.25, 0.3) is 0 Å². The van der Waals surface area contributed by atoms with Crippen molar-refractivity contribution in [3.8, 4) is 0 Å². The maximum Gasteiger partial charge on any atom is 0.134 e. The van der Waals surface area contributed by atoms with Crippen molar-refractivity contribution in [3.05, 3.63) is 11.9 Å². The van der Waals surface area contributed by atoms with Crippen LogP contribution in [0.25, 0.3) is 0 Å². The monoisotopic (exact) mass is 250 g/mol. The van der Waals surface area contributed by atoms with E-state index in [0.29, 0.717) is 5.92 Å². The lowest BCUT2D eigenvalue weighted by molar-refractivity contribution is 0.263. The highest BCUT2D eigenvalue weighted by molar-refractivity contribution is 5.49. The number of aliphatic hydroxyl groups is 1. The first kappa shape index (κ1) is 13.1. The third-order valence-corrected chi connectivity index (χ3v) is 3.48. The van der Waals surface area contributed by atoms with E-state index < -0.39 is 0 Å². The summed E-state index contributed by atoms with van der Waals surface area (Å²) in [5.74, 6) is 3.35. The maximum absolute atomic E-state index is 8.99. The summed E-state index contributed by atoms with van der Waals surface area (Å²) in [6, 6.07) is 2.00. The number of hydrogen-bond acceptors (Lipinski definition) is 5. The van der Waals surface area contributed by atoms with Crippen LogP contribution >= 0.6 is 0 Å². The van der Waals surface area contributed by atoms with E-state index in [1.807, 2.05) is 13.1 Å². The Bertz CT molecular complexity index is 374. The molecule has 1 aliphatic heterocycles. The van der Waals surface area contributed by atoms with Crippen molar-refractivity contribution in [1.29, 1.82) is 0 Å². The Hall–Kier alpha value is -1.36. The van der Waals surface area contributed by atoms with Gasteiger partial charge in [0.1, 0.15) is 17.5 Å². The highest BCUT2D eigenvalue weighted by Gasteiger charge is 2.23. The van der Waals surface area contributed by atoms with Crippen LogP contribution < -0.4 is 10.2 Å². The van der Waals surface area contributed by atoms with Crippen molar-refractivity contribution in [1.82, 2.24) is 9.97 Å². The molecule has 0 spiro atoms. The van der Waals surface area contributed by atoms with E-state index in [0.717, 1.165) is 49.8 Å². The SMILES string of the molecule is CCc1nc(NC)cc(N2CCC(CCO)C2)n1. The lowest BCUT2D eigenvalue weighted by Gasteiger charge is -2.18. The van der Waals surface area contributed by atoms with Crippen LogP contribution in [0.2, 0.25) is 0 Å². The summed E-state index contributed by atoms with van der Waals surface area (Å²) >= 11 is 0. The molecule has 1 unspecified atom stereocenters. The van der Waals surface area contributed by atoms with E-state index >= 15 is 0 Å². The van der Waals surface area contributed by atoms with E-state index in [4.69, 9.17) is 5.11 Å². The molecule has 1 fully saturated rings. The molecule has 0 saturated carbocycles.